The Morgan fingerprint density at radius 3 is 2.56 bits per heavy atom. The average molecular weight is 403 g/mol. The Hall–Kier alpha value is -2.67. The normalized spacial score (nSPS) is 11.8. The van der Waals surface area contributed by atoms with Crippen LogP contribution in [0, 0.1) is 0 Å². The second kappa shape index (κ2) is 7.94. The zero-order valence-electron chi connectivity index (χ0n) is 13.4. The van der Waals surface area contributed by atoms with E-state index in [1.54, 1.807) is 19.1 Å². The van der Waals surface area contributed by atoms with Gasteiger partial charge in [-0.05, 0) is 43.3 Å². The Morgan fingerprint density at radius 1 is 1.12 bits per heavy atom. The number of ether oxygens (including phenoxy) is 2. The molecule has 0 aliphatic rings. The van der Waals surface area contributed by atoms with E-state index >= 15 is 0 Å². The van der Waals surface area contributed by atoms with Crippen molar-refractivity contribution in [3.05, 3.63) is 65.0 Å². The highest BCUT2D eigenvalue weighted by Gasteiger charge is 2.19. The standard InChI is InChI=1S/C18H15BrN2O4/c1-12(17-20-21-18(25-17)13-5-3-2-4-6-13)24-16(22)11-23-15-9-7-14(19)8-10-15/h2-10,12H,11H2,1H3/t12-/m0/s1. The lowest BCUT2D eigenvalue weighted by Crippen LogP contribution is -2.17. The van der Waals surface area contributed by atoms with Crippen LogP contribution in [0.5, 0.6) is 5.75 Å². The van der Waals surface area contributed by atoms with Crippen molar-refractivity contribution in [1.29, 1.82) is 0 Å². The second-order valence-electron chi connectivity index (χ2n) is 5.19. The lowest BCUT2D eigenvalue weighted by Gasteiger charge is -2.10. The summed E-state index contributed by atoms with van der Waals surface area (Å²) in [5.41, 5.74) is 0.804. The van der Waals surface area contributed by atoms with Crippen LogP contribution in [0.4, 0.5) is 0 Å². The van der Waals surface area contributed by atoms with E-state index in [1.165, 1.54) is 0 Å². The molecule has 3 aromatic rings. The Labute approximate surface area is 152 Å². The minimum Gasteiger partial charge on any atom is -0.482 e. The van der Waals surface area contributed by atoms with Gasteiger partial charge in [-0.1, -0.05) is 34.1 Å². The number of hydrogen-bond acceptors (Lipinski definition) is 6. The Bertz CT molecular complexity index is 834. The van der Waals surface area contributed by atoms with Crippen LogP contribution in [0.25, 0.3) is 11.5 Å². The quantitative estimate of drug-likeness (QED) is 0.575. The van der Waals surface area contributed by atoms with Crippen LogP contribution < -0.4 is 4.74 Å². The van der Waals surface area contributed by atoms with Crippen LogP contribution >= 0.6 is 15.9 Å². The predicted octanol–water partition coefficient (Wildman–Crippen LogP) is 4.18. The van der Waals surface area contributed by atoms with Crippen LogP contribution in [0.2, 0.25) is 0 Å². The molecule has 0 aliphatic heterocycles. The number of aromatic nitrogens is 2. The molecule has 0 amide bonds. The third kappa shape index (κ3) is 4.67. The summed E-state index contributed by atoms with van der Waals surface area (Å²) in [7, 11) is 0. The van der Waals surface area contributed by atoms with Crippen LogP contribution in [-0.4, -0.2) is 22.8 Å². The highest BCUT2D eigenvalue weighted by Crippen LogP contribution is 2.22. The number of carbonyl (C=O) groups excluding carboxylic acids is 1. The molecule has 25 heavy (non-hydrogen) atoms. The van der Waals surface area contributed by atoms with E-state index in [4.69, 9.17) is 13.9 Å². The van der Waals surface area contributed by atoms with Crippen LogP contribution in [0.3, 0.4) is 0 Å². The van der Waals surface area contributed by atoms with Gasteiger partial charge in [-0.3, -0.25) is 0 Å². The van der Waals surface area contributed by atoms with Crippen LogP contribution in [0.15, 0.2) is 63.5 Å². The molecule has 3 rings (SSSR count). The second-order valence-corrected chi connectivity index (χ2v) is 6.10. The molecule has 0 radical (unpaired) electrons. The summed E-state index contributed by atoms with van der Waals surface area (Å²) < 4.78 is 17.1. The summed E-state index contributed by atoms with van der Waals surface area (Å²) in [6, 6.07) is 16.5. The lowest BCUT2D eigenvalue weighted by atomic mass is 10.2. The van der Waals surface area contributed by atoms with Gasteiger partial charge in [0.05, 0.1) is 0 Å². The Kier molecular flexibility index (Phi) is 5.45. The monoisotopic (exact) mass is 402 g/mol. The number of hydrogen-bond donors (Lipinski definition) is 0. The van der Waals surface area contributed by atoms with Crippen molar-refractivity contribution in [2.45, 2.75) is 13.0 Å². The van der Waals surface area contributed by atoms with E-state index in [9.17, 15) is 4.79 Å². The van der Waals surface area contributed by atoms with Gasteiger partial charge >= 0.3 is 5.97 Å². The molecule has 1 atom stereocenters. The number of halogens is 1. The maximum atomic E-state index is 11.9. The van der Waals surface area contributed by atoms with Gasteiger partial charge in [0.1, 0.15) is 5.75 Å². The van der Waals surface area contributed by atoms with Crippen molar-refractivity contribution in [2.24, 2.45) is 0 Å². The molecule has 0 spiro atoms. The van der Waals surface area contributed by atoms with Gasteiger partial charge in [-0.15, -0.1) is 10.2 Å². The molecule has 0 saturated heterocycles. The molecule has 1 heterocycles. The van der Waals surface area contributed by atoms with Gasteiger partial charge in [-0.25, -0.2) is 4.79 Å². The third-order valence-electron chi connectivity index (χ3n) is 3.29. The first-order valence-electron chi connectivity index (χ1n) is 7.58. The fourth-order valence-corrected chi connectivity index (χ4v) is 2.32. The highest BCUT2D eigenvalue weighted by atomic mass is 79.9. The summed E-state index contributed by atoms with van der Waals surface area (Å²) >= 11 is 3.33. The Balaban J connectivity index is 1.55. The number of rotatable bonds is 6. The van der Waals surface area contributed by atoms with Crippen molar-refractivity contribution >= 4 is 21.9 Å². The van der Waals surface area contributed by atoms with E-state index < -0.39 is 12.1 Å². The maximum Gasteiger partial charge on any atom is 0.344 e. The molecule has 128 valence electrons. The van der Waals surface area contributed by atoms with Gasteiger partial charge in [-0.2, -0.15) is 0 Å². The van der Waals surface area contributed by atoms with E-state index in [0.717, 1.165) is 10.0 Å². The molecule has 0 saturated carbocycles. The van der Waals surface area contributed by atoms with Crippen molar-refractivity contribution < 1.29 is 18.7 Å². The maximum absolute atomic E-state index is 11.9. The first-order valence-corrected chi connectivity index (χ1v) is 8.38. The third-order valence-corrected chi connectivity index (χ3v) is 3.82. The molecule has 0 N–H and O–H groups in total. The van der Waals surface area contributed by atoms with Crippen LogP contribution in [0.1, 0.15) is 18.9 Å². The molecule has 0 unspecified atom stereocenters. The lowest BCUT2D eigenvalue weighted by molar-refractivity contribution is -0.152. The topological polar surface area (TPSA) is 74.5 Å². The van der Waals surface area contributed by atoms with Crippen molar-refractivity contribution in [2.75, 3.05) is 6.61 Å². The molecule has 6 nitrogen and oxygen atoms in total. The number of benzene rings is 2. The number of carbonyl (C=O) groups is 1. The fraction of sp³-hybridized carbons (Fsp3) is 0.167. The molecule has 0 aliphatic carbocycles. The van der Waals surface area contributed by atoms with Crippen LogP contribution in [-0.2, 0) is 9.53 Å². The Morgan fingerprint density at radius 2 is 1.84 bits per heavy atom. The van der Waals surface area contributed by atoms with Crippen molar-refractivity contribution in [3.63, 3.8) is 0 Å². The van der Waals surface area contributed by atoms with E-state index in [0.29, 0.717) is 11.6 Å². The minimum atomic E-state index is -0.661. The summed E-state index contributed by atoms with van der Waals surface area (Å²) in [5.74, 6) is 0.673. The minimum absolute atomic E-state index is 0.203. The fourth-order valence-electron chi connectivity index (χ4n) is 2.05. The summed E-state index contributed by atoms with van der Waals surface area (Å²) in [5, 5.41) is 7.91. The SMILES string of the molecule is C[C@H](OC(=O)COc1ccc(Br)cc1)c1nnc(-c2ccccc2)o1. The smallest absolute Gasteiger partial charge is 0.344 e. The largest absolute Gasteiger partial charge is 0.482 e. The zero-order valence-corrected chi connectivity index (χ0v) is 15.0. The van der Waals surface area contributed by atoms with Crippen molar-refractivity contribution in [1.82, 2.24) is 10.2 Å². The van der Waals surface area contributed by atoms with Crippen molar-refractivity contribution in [3.8, 4) is 17.2 Å². The molecule has 1 aromatic heterocycles. The molecular weight excluding hydrogens is 388 g/mol. The summed E-state index contributed by atoms with van der Waals surface area (Å²) in [6.07, 6.45) is -0.661. The molecule has 2 aromatic carbocycles. The first kappa shape index (κ1) is 17.2. The van der Waals surface area contributed by atoms with Gasteiger partial charge in [0.15, 0.2) is 12.7 Å². The van der Waals surface area contributed by atoms with E-state index in [2.05, 4.69) is 26.1 Å². The van der Waals surface area contributed by atoms with E-state index in [1.807, 2.05) is 42.5 Å². The molecule has 0 bridgehead atoms. The van der Waals surface area contributed by atoms with Gasteiger partial charge < -0.3 is 13.9 Å². The summed E-state index contributed by atoms with van der Waals surface area (Å²) in [4.78, 5) is 11.9. The van der Waals surface area contributed by atoms with E-state index in [-0.39, 0.29) is 12.5 Å². The first-order chi connectivity index (χ1) is 12.1. The zero-order chi connectivity index (χ0) is 17.6. The predicted molar refractivity (Wildman–Crippen MR) is 93.9 cm³/mol. The highest BCUT2D eigenvalue weighted by molar-refractivity contribution is 9.10. The summed E-state index contributed by atoms with van der Waals surface area (Å²) in [6.45, 7) is 1.46. The number of esters is 1. The molecule has 0 fully saturated rings. The number of nitrogens with zero attached hydrogens (tertiary/aromatic N) is 2. The van der Waals surface area contributed by atoms with Gasteiger partial charge in [0.2, 0.25) is 5.89 Å². The molecular formula is C18H15BrN2O4. The molecule has 7 heteroatoms. The van der Waals surface area contributed by atoms with Gasteiger partial charge in [0, 0.05) is 10.0 Å². The van der Waals surface area contributed by atoms with Gasteiger partial charge in [0.25, 0.3) is 5.89 Å². The average Bonchev–Trinajstić information content (AvgIpc) is 3.12.